The standard InChI is InChI=1S/C15H29NO3/c1-17-11-12-19-9-2-8-18-10-7-16-15(13-3-4-13)14-5-6-14/h13-16H,2-12H2,1H3. The number of ether oxygens (including phenoxy) is 3. The largest absolute Gasteiger partial charge is 0.382 e. The van der Waals surface area contributed by atoms with E-state index in [2.05, 4.69) is 5.32 Å². The van der Waals surface area contributed by atoms with Crippen molar-refractivity contribution in [2.24, 2.45) is 11.8 Å². The predicted molar refractivity (Wildman–Crippen MR) is 75.4 cm³/mol. The lowest BCUT2D eigenvalue weighted by Crippen LogP contribution is -2.35. The quantitative estimate of drug-likeness (QED) is 0.519. The molecule has 0 aromatic heterocycles. The molecule has 112 valence electrons. The van der Waals surface area contributed by atoms with Crippen molar-refractivity contribution in [1.82, 2.24) is 5.32 Å². The van der Waals surface area contributed by atoms with E-state index in [1.807, 2.05) is 0 Å². The minimum Gasteiger partial charge on any atom is -0.382 e. The Hall–Kier alpha value is -0.160. The Morgan fingerprint density at radius 3 is 2.11 bits per heavy atom. The molecule has 0 aromatic rings. The van der Waals surface area contributed by atoms with Gasteiger partial charge in [0, 0.05) is 32.9 Å². The van der Waals surface area contributed by atoms with E-state index in [9.17, 15) is 0 Å². The highest BCUT2D eigenvalue weighted by molar-refractivity contribution is 4.96. The van der Waals surface area contributed by atoms with E-state index < -0.39 is 0 Å². The molecular weight excluding hydrogens is 242 g/mol. The second kappa shape index (κ2) is 8.90. The Labute approximate surface area is 117 Å². The first-order valence-electron chi connectivity index (χ1n) is 7.79. The summed E-state index contributed by atoms with van der Waals surface area (Å²) >= 11 is 0. The molecule has 0 bridgehead atoms. The van der Waals surface area contributed by atoms with Crippen molar-refractivity contribution in [3.05, 3.63) is 0 Å². The van der Waals surface area contributed by atoms with E-state index in [1.165, 1.54) is 25.7 Å². The smallest absolute Gasteiger partial charge is 0.0700 e. The predicted octanol–water partition coefficient (Wildman–Crippen LogP) is 1.83. The van der Waals surface area contributed by atoms with E-state index in [4.69, 9.17) is 14.2 Å². The molecule has 2 saturated carbocycles. The Balaban J connectivity index is 1.34. The van der Waals surface area contributed by atoms with Gasteiger partial charge in [-0.1, -0.05) is 0 Å². The summed E-state index contributed by atoms with van der Waals surface area (Å²) in [6, 6.07) is 0.793. The summed E-state index contributed by atoms with van der Waals surface area (Å²) < 4.78 is 15.9. The lowest BCUT2D eigenvalue weighted by Gasteiger charge is -2.17. The van der Waals surface area contributed by atoms with Crippen LogP contribution >= 0.6 is 0 Å². The molecular formula is C15H29NO3. The van der Waals surface area contributed by atoms with E-state index in [0.717, 1.165) is 50.7 Å². The molecule has 0 unspecified atom stereocenters. The van der Waals surface area contributed by atoms with Crippen molar-refractivity contribution in [3.63, 3.8) is 0 Å². The first kappa shape index (κ1) is 15.2. The van der Waals surface area contributed by atoms with Gasteiger partial charge in [0.1, 0.15) is 0 Å². The second-order valence-corrected chi connectivity index (χ2v) is 5.73. The van der Waals surface area contributed by atoms with Crippen molar-refractivity contribution in [1.29, 1.82) is 0 Å². The van der Waals surface area contributed by atoms with Gasteiger partial charge in [-0.2, -0.15) is 0 Å². The van der Waals surface area contributed by atoms with Crippen molar-refractivity contribution < 1.29 is 14.2 Å². The number of rotatable bonds is 13. The number of hydrogen-bond acceptors (Lipinski definition) is 4. The fraction of sp³-hybridized carbons (Fsp3) is 1.00. The maximum absolute atomic E-state index is 5.62. The van der Waals surface area contributed by atoms with Gasteiger partial charge in [0.15, 0.2) is 0 Å². The van der Waals surface area contributed by atoms with Crippen molar-refractivity contribution in [2.45, 2.75) is 38.1 Å². The van der Waals surface area contributed by atoms with Crippen molar-refractivity contribution in [3.8, 4) is 0 Å². The van der Waals surface area contributed by atoms with Crippen LogP contribution in [0.5, 0.6) is 0 Å². The molecule has 0 amide bonds. The van der Waals surface area contributed by atoms with Crippen LogP contribution in [-0.4, -0.2) is 52.7 Å². The summed E-state index contributed by atoms with van der Waals surface area (Å²) in [5.41, 5.74) is 0. The van der Waals surface area contributed by atoms with Gasteiger partial charge < -0.3 is 19.5 Å². The van der Waals surface area contributed by atoms with Gasteiger partial charge >= 0.3 is 0 Å². The molecule has 1 N–H and O–H groups in total. The van der Waals surface area contributed by atoms with Gasteiger partial charge in [0.05, 0.1) is 19.8 Å². The van der Waals surface area contributed by atoms with Crippen LogP contribution < -0.4 is 5.32 Å². The van der Waals surface area contributed by atoms with Crippen LogP contribution in [0.4, 0.5) is 0 Å². The molecule has 2 aliphatic rings. The summed E-state index contributed by atoms with van der Waals surface area (Å²) in [7, 11) is 1.69. The molecule has 4 heteroatoms. The maximum atomic E-state index is 5.62. The van der Waals surface area contributed by atoms with Crippen LogP contribution in [0, 0.1) is 11.8 Å². The van der Waals surface area contributed by atoms with E-state index in [0.29, 0.717) is 13.2 Å². The summed E-state index contributed by atoms with van der Waals surface area (Å²) in [4.78, 5) is 0. The summed E-state index contributed by atoms with van der Waals surface area (Å²) in [6.07, 6.45) is 6.72. The average Bonchev–Trinajstić information content (AvgIpc) is 3.28. The number of hydrogen-bond donors (Lipinski definition) is 1. The molecule has 0 radical (unpaired) electrons. The Morgan fingerprint density at radius 2 is 1.53 bits per heavy atom. The van der Waals surface area contributed by atoms with Gasteiger partial charge in [-0.05, 0) is 43.9 Å². The highest BCUT2D eigenvalue weighted by Gasteiger charge is 2.40. The maximum Gasteiger partial charge on any atom is 0.0700 e. The van der Waals surface area contributed by atoms with Crippen LogP contribution in [0.2, 0.25) is 0 Å². The lowest BCUT2D eigenvalue weighted by atomic mass is 10.1. The highest BCUT2D eigenvalue weighted by Crippen LogP contribution is 2.44. The molecule has 0 heterocycles. The fourth-order valence-electron chi connectivity index (χ4n) is 2.54. The Kier molecular flexibility index (Phi) is 7.14. The van der Waals surface area contributed by atoms with E-state index in [-0.39, 0.29) is 0 Å². The minimum atomic E-state index is 0.675. The zero-order valence-corrected chi connectivity index (χ0v) is 12.2. The molecule has 0 aliphatic heterocycles. The molecule has 0 aromatic carbocycles. The van der Waals surface area contributed by atoms with Gasteiger partial charge in [-0.15, -0.1) is 0 Å². The van der Waals surface area contributed by atoms with Crippen molar-refractivity contribution in [2.75, 3.05) is 46.7 Å². The average molecular weight is 271 g/mol. The van der Waals surface area contributed by atoms with Crippen LogP contribution in [-0.2, 0) is 14.2 Å². The molecule has 2 rings (SSSR count). The zero-order valence-electron chi connectivity index (χ0n) is 12.2. The fourth-order valence-corrected chi connectivity index (χ4v) is 2.54. The van der Waals surface area contributed by atoms with Gasteiger partial charge in [0.2, 0.25) is 0 Å². The normalized spacial score (nSPS) is 19.3. The summed E-state index contributed by atoms with van der Waals surface area (Å²) in [5.74, 6) is 1.95. The van der Waals surface area contributed by atoms with Gasteiger partial charge in [0.25, 0.3) is 0 Å². The first-order chi connectivity index (χ1) is 9.42. The SMILES string of the molecule is COCCOCCCOCCNC(C1CC1)C1CC1. The third-order valence-corrected chi connectivity index (χ3v) is 3.90. The number of methoxy groups -OCH3 is 1. The third-order valence-electron chi connectivity index (χ3n) is 3.90. The summed E-state index contributed by atoms with van der Waals surface area (Å²) in [6.45, 7) is 4.75. The highest BCUT2D eigenvalue weighted by atomic mass is 16.5. The van der Waals surface area contributed by atoms with E-state index in [1.54, 1.807) is 7.11 Å². The van der Waals surface area contributed by atoms with Gasteiger partial charge in [-0.3, -0.25) is 0 Å². The molecule has 0 atom stereocenters. The Bertz CT molecular complexity index is 217. The van der Waals surface area contributed by atoms with Crippen LogP contribution in [0.25, 0.3) is 0 Å². The molecule has 0 spiro atoms. The summed E-state index contributed by atoms with van der Waals surface area (Å²) in [5, 5.41) is 3.69. The number of nitrogens with one attached hydrogen (secondary N) is 1. The van der Waals surface area contributed by atoms with Crippen LogP contribution in [0.15, 0.2) is 0 Å². The van der Waals surface area contributed by atoms with E-state index >= 15 is 0 Å². The Morgan fingerprint density at radius 1 is 0.895 bits per heavy atom. The van der Waals surface area contributed by atoms with Crippen molar-refractivity contribution >= 4 is 0 Å². The second-order valence-electron chi connectivity index (χ2n) is 5.73. The topological polar surface area (TPSA) is 39.7 Å². The minimum absolute atomic E-state index is 0.675. The van der Waals surface area contributed by atoms with Crippen LogP contribution in [0.1, 0.15) is 32.1 Å². The van der Waals surface area contributed by atoms with Crippen LogP contribution in [0.3, 0.4) is 0 Å². The first-order valence-corrected chi connectivity index (χ1v) is 7.79. The lowest BCUT2D eigenvalue weighted by molar-refractivity contribution is 0.0514. The molecule has 0 saturated heterocycles. The zero-order chi connectivity index (χ0) is 13.3. The molecule has 2 fully saturated rings. The molecule has 2 aliphatic carbocycles. The third kappa shape index (κ3) is 6.70. The van der Waals surface area contributed by atoms with Gasteiger partial charge in [-0.25, -0.2) is 0 Å². The monoisotopic (exact) mass is 271 g/mol. The molecule has 19 heavy (non-hydrogen) atoms. The molecule has 4 nitrogen and oxygen atoms in total.